The second kappa shape index (κ2) is 6.49. The summed E-state index contributed by atoms with van der Waals surface area (Å²) in [7, 11) is 2.23. The molecular weight excluding hydrogens is 184 g/mol. The van der Waals surface area contributed by atoms with E-state index in [0.29, 0.717) is 6.04 Å². The average Bonchev–Trinajstić information content (AvgIpc) is 2.01. The highest BCUT2D eigenvalue weighted by Crippen LogP contribution is 2.07. The lowest BCUT2D eigenvalue weighted by molar-refractivity contribution is 0.196. The SMILES string of the molecule is CCC(CNC(C)(C)C)N(C)CC(C)C. The largest absolute Gasteiger partial charge is 0.311 e. The summed E-state index contributed by atoms with van der Waals surface area (Å²) in [4.78, 5) is 2.48. The third-order valence-corrected chi connectivity index (χ3v) is 2.62. The first-order valence-corrected chi connectivity index (χ1v) is 6.21. The molecule has 0 spiro atoms. The smallest absolute Gasteiger partial charge is 0.0215 e. The van der Waals surface area contributed by atoms with Crippen LogP contribution in [0.2, 0.25) is 0 Å². The normalized spacial score (nSPS) is 15.0. The van der Waals surface area contributed by atoms with E-state index in [2.05, 4.69) is 58.8 Å². The minimum Gasteiger partial charge on any atom is -0.311 e. The number of hydrogen-bond donors (Lipinski definition) is 1. The molecule has 1 unspecified atom stereocenters. The van der Waals surface area contributed by atoms with Gasteiger partial charge in [-0.2, -0.15) is 0 Å². The van der Waals surface area contributed by atoms with E-state index in [-0.39, 0.29) is 5.54 Å². The van der Waals surface area contributed by atoms with Gasteiger partial charge in [-0.25, -0.2) is 0 Å². The van der Waals surface area contributed by atoms with E-state index in [9.17, 15) is 0 Å². The summed E-state index contributed by atoms with van der Waals surface area (Å²) >= 11 is 0. The van der Waals surface area contributed by atoms with E-state index in [4.69, 9.17) is 0 Å². The predicted molar refractivity (Wildman–Crippen MR) is 69.3 cm³/mol. The van der Waals surface area contributed by atoms with Gasteiger partial charge in [0.15, 0.2) is 0 Å². The zero-order valence-electron chi connectivity index (χ0n) is 11.7. The Morgan fingerprint density at radius 3 is 2.07 bits per heavy atom. The van der Waals surface area contributed by atoms with E-state index in [0.717, 1.165) is 12.5 Å². The second-order valence-corrected chi connectivity index (χ2v) is 6.03. The van der Waals surface area contributed by atoms with E-state index in [1.807, 2.05) is 0 Å². The number of likely N-dealkylation sites (N-methyl/N-ethyl adjacent to an activating group) is 1. The van der Waals surface area contributed by atoms with Crippen molar-refractivity contribution in [2.45, 2.75) is 59.5 Å². The van der Waals surface area contributed by atoms with Crippen LogP contribution in [0.1, 0.15) is 48.0 Å². The molecule has 0 amide bonds. The lowest BCUT2D eigenvalue weighted by Gasteiger charge is -2.32. The van der Waals surface area contributed by atoms with Gasteiger partial charge in [0.05, 0.1) is 0 Å². The molecule has 0 rings (SSSR count). The Balaban J connectivity index is 4.01. The highest BCUT2D eigenvalue weighted by atomic mass is 15.2. The minimum atomic E-state index is 0.228. The van der Waals surface area contributed by atoms with Gasteiger partial charge in [-0.3, -0.25) is 0 Å². The van der Waals surface area contributed by atoms with Crippen LogP contribution in [0.3, 0.4) is 0 Å². The first-order chi connectivity index (χ1) is 6.76. The number of hydrogen-bond acceptors (Lipinski definition) is 2. The summed E-state index contributed by atoms with van der Waals surface area (Å²) in [6, 6.07) is 0.659. The predicted octanol–water partition coefficient (Wildman–Crippen LogP) is 2.74. The average molecular weight is 214 g/mol. The van der Waals surface area contributed by atoms with Gasteiger partial charge in [-0.15, -0.1) is 0 Å². The standard InChI is InChI=1S/C13H30N2/c1-8-12(9-14-13(4,5)6)15(7)10-11(2)3/h11-12,14H,8-10H2,1-7H3. The summed E-state index contributed by atoms with van der Waals surface area (Å²) in [5, 5.41) is 3.59. The molecular formula is C13H30N2. The maximum Gasteiger partial charge on any atom is 0.0215 e. The third-order valence-electron chi connectivity index (χ3n) is 2.62. The van der Waals surface area contributed by atoms with Gasteiger partial charge >= 0.3 is 0 Å². The van der Waals surface area contributed by atoms with E-state index >= 15 is 0 Å². The van der Waals surface area contributed by atoms with Crippen molar-refractivity contribution in [2.24, 2.45) is 5.92 Å². The van der Waals surface area contributed by atoms with Crippen LogP contribution in [0.4, 0.5) is 0 Å². The fraction of sp³-hybridized carbons (Fsp3) is 1.00. The summed E-state index contributed by atoms with van der Waals surface area (Å²) in [5.74, 6) is 0.749. The Hall–Kier alpha value is -0.0800. The van der Waals surface area contributed by atoms with Crippen LogP contribution in [-0.2, 0) is 0 Å². The molecule has 15 heavy (non-hydrogen) atoms. The van der Waals surface area contributed by atoms with Gasteiger partial charge in [-0.1, -0.05) is 20.8 Å². The molecule has 0 aliphatic carbocycles. The van der Waals surface area contributed by atoms with Crippen LogP contribution >= 0.6 is 0 Å². The lowest BCUT2D eigenvalue weighted by atomic mass is 10.1. The van der Waals surface area contributed by atoms with Crippen LogP contribution in [0.5, 0.6) is 0 Å². The summed E-state index contributed by atoms with van der Waals surface area (Å²) in [6.07, 6.45) is 1.21. The van der Waals surface area contributed by atoms with Crippen molar-refractivity contribution in [3.63, 3.8) is 0 Å². The van der Waals surface area contributed by atoms with Gasteiger partial charge < -0.3 is 10.2 Å². The zero-order valence-corrected chi connectivity index (χ0v) is 11.7. The van der Waals surface area contributed by atoms with Gasteiger partial charge in [0.1, 0.15) is 0 Å². The Labute approximate surface area is 96.4 Å². The Morgan fingerprint density at radius 1 is 1.20 bits per heavy atom. The fourth-order valence-corrected chi connectivity index (χ4v) is 1.76. The molecule has 0 saturated carbocycles. The molecule has 0 aliphatic heterocycles. The summed E-state index contributed by atoms with van der Waals surface area (Å²) in [6.45, 7) is 15.8. The van der Waals surface area contributed by atoms with Crippen molar-refractivity contribution in [1.82, 2.24) is 10.2 Å². The number of nitrogens with zero attached hydrogens (tertiary/aromatic N) is 1. The molecule has 0 aromatic heterocycles. The van der Waals surface area contributed by atoms with Gasteiger partial charge in [-0.05, 0) is 40.2 Å². The Bertz CT molecular complexity index is 158. The highest BCUT2D eigenvalue weighted by Gasteiger charge is 2.16. The second-order valence-electron chi connectivity index (χ2n) is 6.03. The quantitative estimate of drug-likeness (QED) is 0.731. The molecule has 0 bridgehead atoms. The van der Waals surface area contributed by atoms with Crippen LogP contribution < -0.4 is 5.32 Å². The Kier molecular flexibility index (Phi) is 6.46. The van der Waals surface area contributed by atoms with Gasteiger partial charge in [0.2, 0.25) is 0 Å². The van der Waals surface area contributed by atoms with Crippen molar-refractivity contribution >= 4 is 0 Å². The molecule has 1 atom stereocenters. The van der Waals surface area contributed by atoms with E-state index in [1.165, 1.54) is 13.0 Å². The molecule has 0 aromatic rings. The van der Waals surface area contributed by atoms with Gasteiger partial charge in [0, 0.05) is 24.7 Å². The van der Waals surface area contributed by atoms with Gasteiger partial charge in [0.25, 0.3) is 0 Å². The highest BCUT2D eigenvalue weighted by molar-refractivity contribution is 4.77. The minimum absolute atomic E-state index is 0.228. The maximum absolute atomic E-state index is 3.59. The topological polar surface area (TPSA) is 15.3 Å². The van der Waals surface area contributed by atoms with Crippen LogP contribution in [-0.4, -0.2) is 36.6 Å². The third kappa shape index (κ3) is 7.80. The van der Waals surface area contributed by atoms with E-state index in [1.54, 1.807) is 0 Å². The Morgan fingerprint density at radius 2 is 1.73 bits per heavy atom. The van der Waals surface area contributed by atoms with Crippen LogP contribution in [0.15, 0.2) is 0 Å². The van der Waals surface area contributed by atoms with Crippen LogP contribution in [0, 0.1) is 5.92 Å². The molecule has 0 aromatic carbocycles. The number of nitrogens with one attached hydrogen (secondary N) is 1. The van der Waals surface area contributed by atoms with Crippen molar-refractivity contribution in [1.29, 1.82) is 0 Å². The summed E-state index contributed by atoms with van der Waals surface area (Å²) in [5.41, 5.74) is 0.228. The molecule has 0 heterocycles. The maximum atomic E-state index is 3.59. The van der Waals surface area contributed by atoms with Crippen molar-refractivity contribution < 1.29 is 0 Å². The molecule has 0 aliphatic rings. The van der Waals surface area contributed by atoms with Crippen LogP contribution in [0.25, 0.3) is 0 Å². The first kappa shape index (κ1) is 14.9. The molecule has 2 heteroatoms. The fourth-order valence-electron chi connectivity index (χ4n) is 1.76. The zero-order chi connectivity index (χ0) is 12.1. The molecule has 0 fully saturated rings. The molecule has 92 valence electrons. The molecule has 1 N–H and O–H groups in total. The summed E-state index contributed by atoms with van der Waals surface area (Å²) < 4.78 is 0. The van der Waals surface area contributed by atoms with Crippen molar-refractivity contribution in [2.75, 3.05) is 20.1 Å². The van der Waals surface area contributed by atoms with Crippen molar-refractivity contribution in [3.05, 3.63) is 0 Å². The van der Waals surface area contributed by atoms with Crippen molar-refractivity contribution in [3.8, 4) is 0 Å². The molecule has 2 nitrogen and oxygen atoms in total. The molecule has 0 saturated heterocycles. The first-order valence-electron chi connectivity index (χ1n) is 6.21. The lowest BCUT2D eigenvalue weighted by Crippen LogP contribution is -2.47. The monoisotopic (exact) mass is 214 g/mol. The molecule has 0 radical (unpaired) electrons. The van der Waals surface area contributed by atoms with E-state index < -0.39 is 0 Å². The number of rotatable bonds is 6.